The van der Waals surface area contributed by atoms with Crippen molar-refractivity contribution in [3.63, 3.8) is 0 Å². The number of benzene rings is 1. The number of rotatable bonds is 4. The summed E-state index contributed by atoms with van der Waals surface area (Å²) < 4.78 is 6.53. The van der Waals surface area contributed by atoms with E-state index in [0.29, 0.717) is 6.54 Å². The fraction of sp³-hybridized carbons (Fsp3) is 0.500. The number of carbonyl (C=O) groups is 1. The van der Waals surface area contributed by atoms with Gasteiger partial charge in [0.25, 0.3) is 5.91 Å². The van der Waals surface area contributed by atoms with Crippen LogP contribution in [-0.2, 0) is 9.53 Å². The number of anilines is 2. The van der Waals surface area contributed by atoms with Gasteiger partial charge in [-0.25, -0.2) is 0 Å². The number of ether oxygens (including phenoxy) is 1. The maximum atomic E-state index is 12.3. The van der Waals surface area contributed by atoms with Gasteiger partial charge in [-0.2, -0.15) is 0 Å². The molecule has 1 fully saturated rings. The lowest BCUT2D eigenvalue weighted by Crippen LogP contribution is -2.30. The average Bonchev–Trinajstić information content (AvgIpc) is 2.87. The molecule has 20 heavy (non-hydrogen) atoms. The molecular weight excluding hydrogens is 322 g/mol. The van der Waals surface area contributed by atoms with Crippen LogP contribution in [-0.4, -0.2) is 38.8 Å². The van der Waals surface area contributed by atoms with Crippen molar-refractivity contribution in [3.05, 3.63) is 22.7 Å². The molecule has 0 radical (unpaired) electrons. The van der Waals surface area contributed by atoms with Crippen LogP contribution in [0.25, 0.3) is 0 Å². The number of hydrogen-bond donors (Lipinski definition) is 2. The lowest BCUT2D eigenvalue weighted by Gasteiger charge is -2.19. The summed E-state index contributed by atoms with van der Waals surface area (Å²) in [5, 5.41) is 2.94. The number of hydrogen-bond acceptors (Lipinski definition) is 4. The molecule has 0 saturated carbocycles. The smallest absolute Gasteiger partial charge is 0.253 e. The van der Waals surface area contributed by atoms with E-state index in [1.807, 2.05) is 37.2 Å². The van der Waals surface area contributed by atoms with Gasteiger partial charge in [0, 0.05) is 25.1 Å². The van der Waals surface area contributed by atoms with Crippen molar-refractivity contribution in [2.24, 2.45) is 5.73 Å². The SMILES string of the molecule is CN(C)c1ccc(Br)cc1NC(=O)C1CCC(CN)O1. The second kappa shape index (κ2) is 6.56. The van der Waals surface area contributed by atoms with Gasteiger partial charge in [-0.3, -0.25) is 4.79 Å². The Labute approximate surface area is 127 Å². The van der Waals surface area contributed by atoms with Crippen molar-refractivity contribution in [1.82, 2.24) is 0 Å². The molecule has 0 bridgehead atoms. The molecule has 1 heterocycles. The lowest BCUT2D eigenvalue weighted by molar-refractivity contribution is -0.126. The summed E-state index contributed by atoms with van der Waals surface area (Å²) in [6.45, 7) is 0.462. The third-order valence-corrected chi connectivity index (χ3v) is 3.85. The van der Waals surface area contributed by atoms with E-state index in [1.54, 1.807) is 0 Å². The summed E-state index contributed by atoms with van der Waals surface area (Å²) in [4.78, 5) is 14.2. The highest BCUT2D eigenvalue weighted by molar-refractivity contribution is 9.10. The van der Waals surface area contributed by atoms with E-state index in [1.165, 1.54) is 0 Å². The fourth-order valence-electron chi connectivity index (χ4n) is 2.28. The molecule has 6 heteroatoms. The highest BCUT2D eigenvalue weighted by atomic mass is 79.9. The molecule has 3 N–H and O–H groups in total. The summed E-state index contributed by atoms with van der Waals surface area (Å²) in [5.41, 5.74) is 7.29. The van der Waals surface area contributed by atoms with Crippen molar-refractivity contribution >= 4 is 33.2 Å². The quantitative estimate of drug-likeness (QED) is 0.878. The summed E-state index contributed by atoms with van der Waals surface area (Å²) in [6, 6.07) is 5.79. The zero-order valence-corrected chi connectivity index (χ0v) is 13.3. The van der Waals surface area contributed by atoms with E-state index in [-0.39, 0.29) is 12.0 Å². The van der Waals surface area contributed by atoms with Crippen LogP contribution in [0, 0.1) is 0 Å². The predicted octanol–water partition coefficient (Wildman–Crippen LogP) is 1.96. The molecule has 0 aliphatic carbocycles. The second-order valence-electron chi connectivity index (χ2n) is 5.10. The Hall–Kier alpha value is -1.11. The molecular formula is C14H20BrN3O2. The number of nitrogens with one attached hydrogen (secondary N) is 1. The van der Waals surface area contributed by atoms with Crippen LogP contribution in [0.1, 0.15) is 12.8 Å². The third kappa shape index (κ3) is 3.50. The topological polar surface area (TPSA) is 67.6 Å². The highest BCUT2D eigenvalue weighted by Crippen LogP contribution is 2.29. The van der Waals surface area contributed by atoms with E-state index in [9.17, 15) is 4.79 Å². The summed E-state index contributed by atoms with van der Waals surface area (Å²) in [6.07, 6.45) is 1.16. The minimum atomic E-state index is -0.405. The van der Waals surface area contributed by atoms with Crippen molar-refractivity contribution in [3.8, 4) is 0 Å². The largest absolute Gasteiger partial charge is 0.376 e. The first-order valence-corrected chi connectivity index (χ1v) is 7.44. The van der Waals surface area contributed by atoms with Crippen molar-refractivity contribution in [1.29, 1.82) is 0 Å². The van der Waals surface area contributed by atoms with Gasteiger partial charge in [-0.1, -0.05) is 15.9 Å². The van der Waals surface area contributed by atoms with Gasteiger partial charge in [-0.15, -0.1) is 0 Å². The Kier molecular flexibility index (Phi) is 5.01. The van der Waals surface area contributed by atoms with Gasteiger partial charge in [0.05, 0.1) is 17.5 Å². The van der Waals surface area contributed by atoms with Gasteiger partial charge in [0.15, 0.2) is 0 Å². The monoisotopic (exact) mass is 341 g/mol. The van der Waals surface area contributed by atoms with Gasteiger partial charge in [0.1, 0.15) is 6.10 Å². The van der Waals surface area contributed by atoms with Gasteiger partial charge in [-0.05, 0) is 31.0 Å². The summed E-state index contributed by atoms with van der Waals surface area (Å²) in [5.74, 6) is -0.109. The van der Waals surface area contributed by atoms with Crippen LogP contribution < -0.4 is 16.0 Å². The Morgan fingerprint density at radius 3 is 2.85 bits per heavy atom. The Morgan fingerprint density at radius 1 is 1.50 bits per heavy atom. The van der Waals surface area contributed by atoms with Gasteiger partial charge < -0.3 is 20.7 Å². The summed E-state index contributed by atoms with van der Waals surface area (Å²) >= 11 is 3.42. The Bertz CT molecular complexity index is 493. The van der Waals surface area contributed by atoms with E-state index in [2.05, 4.69) is 21.2 Å². The van der Waals surface area contributed by atoms with Crippen LogP contribution in [0.2, 0.25) is 0 Å². The van der Waals surface area contributed by atoms with E-state index >= 15 is 0 Å². The van der Waals surface area contributed by atoms with E-state index in [4.69, 9.17) is 10.5 Å². The highest BCUT2D eigenvalue weighted by Gasteiger charge is 2.30. The maximum Gasteiger partial charge on any atom is 0.253 e. The first-order valence-electron chi connectivity index (χ1n) is 6.64. The lowest BCUT2D eigenvalue weighted by atomic mass is 10.2. The van der Waals surface area contributed by atoms with Crippen molar-refractivity contribution in [2.75, 3.05) is 30.9 Å². The molecule has 0 aromatic heterocycles. The molecule has 2 unspecified atom stereocenters. The normalized spacial score (nSPS) is 21.8. The number of amides is 1. The molecule has 2 atom stereocenters. The standard InChI is InChI=1S/C14H20BrN3O2/c1-18(2)12-5-3-9(15)7-11(12)17-14(19)13-6-4-10(8-16)20-13/h3,5,7,10,13H,4,6,8,16H2,1-2H3,(H,17,19). The first kappa shape index (κ1) is 15.3. The Morgan fingerprint density at radius 2 is 2.25 bits per heavy atom. The number of nitrogens with zero attached hydrogens (tertiary/aromatic N) is 1. The zero-order valence-electron chi connectivity index (χ0n) is 11.7. The molecule has 2 rings (SSSR count). The predicted molar refractivity (Wildman–Crippen MR) is 84.0 cm³/mol. The van der Waals surface area contributed by atoms with Gasteiger partial charge in [0.2, 0.25) is 0 Å². The van der Waals surface area contributed by atoms with Crippen LogP contribution in [0.4, 0.5) is 11.4 Å². The molecule has 1 amide bonds. The van der Waals surface area contributed by atoms with Crippen LogP contribution in [0.3, 0.4) is 0 Å². The molecule has 1 aliphatic rings. The molecule has 0 spiro atoms. The second-order valence-corrected chi connectivity index (χ2v) is 6.02. The number of carbonyl (C=O) groups excluding carboxylic acids is 1. The first-order chi connectivity index (χ1) is 9.51. The third-order valence-electron chi connectivity index (χ3n) is 3.36. The van der Waals surface area contributed by atoms with Crippen LogP contribution in [0.5, 0.6) is 0 Å². The molecule has 110 valence electrons. The van der Waals surface area contributed by atoms with E-state index < -0.39 is 6.10 Å². The molecule has 1 aromatic carbocycles. The fourth-order valence-corrected chi connectivity index (χ4v) is 2.64. The molecule has 1 aliphatic heterocycles. The molecule has 5 nitrogen and oxygen atoms in total. The van der Waals surface area contributed by atoms with E-state index in [0.717, 1.165) is 28.7 Å². The van der Waals surface area contributed by atoms with Crippen molar-refractivity contribution in [2.45, 2.75) is 25.0 Å². The minimum absolute atomic E-state index is 0.00146. The average molecular weight is 342 g/mol. The molecule has 1 aromatic rings. The number of halogens is 1. The number of nitrogens with two attached hydrogens (primary N) is 1. The maximum absolute atomic E-state index is 12.3. The van der Waals surface area contributed by atoms with Crippen LogP contribution in [0.15, 0.2) is 22.7 Å². The summed E-state index contributed by atoms with van der Waals surface area (Å²) in [7, 11) is 3.88. The van der Waals surface area contributed by atoms with Gasteiger partial charge >= 0.3 is 0 Å². The zero-order chi connectivity index (χ0) is 14.7. The van der Waals surface area contributed by atoms with Crippen LogP contribution >= 0.6 is 15.9 Å². The molecule has 1 saturated heterocycles. The van der Waals surface area contributed by atoms with Crippen molar-refractivity contribution < 1.29 is 9.53 Å². The Balaban J connectivity index is 2.09. The minimum Gasteiger partial charge on any atom is -0.376 e.